The molecule has 0 aliphatic heterocycles. The summed E-state index contributed by atoms with van der Waals surface area (Å²) in [7, 11) is 2.10. The standard InChI is InChI=1S/C23H31N3/c1-7-10-17-14-26(6)23-19(17)13-16(8-2)22(25-23)18-11-12-21(15(4)5)24-20(18)9-3/h11-15H,7-10H2,1-6H3. The monoisotopic (exact) mass is 349 g/mol. The summed E-state index contributed by atoms with van der Waals surface area (Å²) in [6.07, 6.45) is 6.40. The van der Waals surface area contributed by atoms with Crippen molar-refractivity contribution >= 4 is 11.0 Å². The fraction of sp³-hybridized carbons (Fsp3) is 0.478. The van der Waals surface area contributed by atoms with Gasteiger partial charge in [-0.05, 0) is 54.5 Å². The van der Waals surface area contributed by atoms with E-state index in [0.717, 1.165) is 48.4 Å². The maximum Gasteiger partial charge on any atom is 0.140 e. The van der Waals surface area contributed by atoms with Gasteiger partial charge in [-0.25, -0.2) is 4.98 Å². The predicted molar refractivity (Wildman–Crippen MR) is 111 cm³/mol. The Balaban J connectivity index is 2.23. The molecule has 0 N–H and O–H groups in total. The molecule has 3 heteroatoms. The van der Waals surface area contributed by atoms with Crippen molar-refractivity contribution in [3.63, 3.8) is 0 Å². The second kappa shape index (κ2) is 7.61. The van der Waals surface area contributed by atoms with Crippen LogP contribution < -0.4 is 0 Å². The lowest BCUT2D eigenvalue weighted by Crippen LogP contribution is -2.03. The highest BCUT2D eigenvalue weighted by molar-refractivity contribution is 5.85. The van der Waals surface area contributed by atoms with E-state index in [0.29, 0.717) is 5.92 Å². The quantitative estimate of drug-likeness (QED) is 0.560. The molecule has 0 spiro atoms. The van der Waals surface area contributed by atoms with Crippen LogP contribution in [0.2, 0.25) is 0 Å². The maximum absolute atomic E-state index is 5.12. The fourth-order valence-corrected chi connectivity index (χ4v) is 3.71. The van der Waals surface area contributed by atoms with Crippen molar-refractivity contribution in [1.29, 1.82) is 0 Å². The number of nitrogens with zero attached hydrogens (tertiary/aromatic N) is 3. The molecule has 0 radical (unpaired) electrons. The minimum absolute atomic E-state index is 0.444. The van der Waals surface area contributed by atoms with Gasteiger partial charge in [0.15, 0.2) is 0 Å². The summed E-state index contributed by atoms with van der Waals surface area (Å²) >= 11 is 0. The molecule has 0 aliphatic rings. The van der Waals surface area contributed by atoms with Crippen molar-refractivity contribution in [1.82, 2.24) is 14.5 Å². The first-order valence-electron chi connectivity index (χ1n) is 9.98. The number of aromatic nitrogens is 3. The number of aryl methyl sites for hydroxylation is 4. The van der Waals surface area contributed by atoms with E-state index >= 15 is 0 Å². The summed E-state index contributed by atoms with van der Waals surface area (Å²) in [6.45, 7) is 11.0. The molecule has 0 bridgehead atoms. The van der Waals surface area contributed by atoms with Gasteiger partial charge in [0.25, 0.3) is 0 Å². The third-order valence-electron chi connectivity index (χ3n) is 5.19. The Kier molecular flexibility index (Phi) is 5.45. The zero-order chi connectivity index (χ0) is 18.8. The van der Waals surface area contributed by atoms with Gasteiger partial charge in [0.2, 0.25) is 0 Å². The van der Waals surface area contributed by atoms with E-state index < -0.39 is 0 Å². The largest absolute Gasteiger partial charge is 0.335 e. The number of fused-ring (bicyclic) bond motifs is 1. The molecular weight excluding hydrogens is 318 g/mol. The summed E-state index contributed by atoms with van der Waals surface area (Å²) in [5.74, 6) is 0.444. The average Bonchev–Trinajstić information content (AvgIpc) is 2.95. The third-order valence-corrected chi connectivity index (χ3v) is 5.19. The first-order chi connectivity index (χ1) is 12.5. The molecule has 0 aliphatic carbocycles. The molecular formula is C23H31N3. The van der Waals surface area contributed by atoms with Gasteiger partial charge in [0, 0.05) is 35.6 Å². The Morgan fingerprint density at radius 3 is 2.38 bits per heavy atom. The van der Waals surface area contributed by atoms with Crippen molar-refractivity contribution in [3.8, 4) is 11.3 Å². The minimum atomic E-state index is 0.444. The van der Waals surface area contributed by atoms with E-state index in [4.69, 9.17) is 9.97 Å². The Hall–Kier alpha value is -2.16. The van der Waals surface area contributed by atoms with Crippen molar-refractivity contribution in [2.75, 3.05) is 0 Å². The number of hydrogen-bond acceptors (Lipinski definition) is 2. The molecule has 0 aromatic carbocycles. The van der Waals surface area contributed by atoms with Gasteiger partial charge in [-0.3, -0.25) is 4.98 Å². The van der Waals surface area contributed by atoms with Crippen molar-refractivity contribution in [3.05, 3.63) is 46.9 Å². The number of hydrogen-bond donors (Lipinski definition) is 0. The van der Waals surface area contributed by atoms with E-state index in [-0.39, 0.29) is 0 Å². The number of rotatable bonds is 6. The molecule has 0 fully saturated rings. The average molecular weight is 350 g/mol. The zero-order valence-corrected chi connectivity index (χ0v) is 17.1. The van der Waals surface area contributed by atoms with Gasteiger partial charge in [-0.1, -0.05) is 41.0 Å². The van der Waals surface area contributed by atoms with Crippen LogP contribution in [0, 0.1) is 0 Å². The van der Waals surface area contributed by atoms with Crippen molar-refractivity contribution in [2.45, 2.75) is 66.2 Å². The lowest BCUT2D eigenvalue weighted by atomic mass is 9.98. The highest BCUT2D eigenvalue weighted by atomic mass is 15.0. The first kappa shape index (κ1) is 18.6. The molecule has 0 amide bonds. The lowest BCUT2D eigenvalue weighted by Gasteiger charge is -2.14. The zero-order valence-electron chi connectivity index (χ0n) is 17.1. The van der Waals surface area contributed by atoms with E-state index in [1.807, 2.05) is 0 Å². The summed E-state index contributed by atoms with van der Waals surface area (Å²) in [5.41, 5.74) is 8.40. The molecule has 0 unspecified atom stereocenters. The molecule has 26 heavy (non-hydrogen) atoms. The van der Waals surface area contributed by atoms with E-state index in [1.54, 1.807) is 0 Å². The molecule has 0 saturated carbocycles. The second-order valence-electron chi connectivity index (χ2n) is 7.47. The highest BCUT2D eigenvalue weighted by Gasteiger charge is 2.17. The van der Waals surface area contributed by atoms with Crippen molar-refractivity contribution in [2.24, 2.45) is 7.05 Å². The Morgan fingerprint density at radius 1 is 1.00 bits per heavy atom. The van der Waals surface area contributed by atoms with E-state index in [9.17, 15) is 0 Å². The normalized spacial score (nSPS) is 11.7. The van der Waals surface area contributed by atoms with Crippen LogP contribution in [-0.4, -0.2) is 14.5 Å². The summed E-state index contributed by atoms with van der Waals surface area (Å²) in [5, 5.41) is 1.31. The van der Waals surface area contributed by atoms with Gasteiger partial charge in [-0.2, -0.15) is 0 Å². The molecule has 3 nitrogen and oxygen atoms in total. The number of pyridine rings is 2. The van der Waals surface area contributed by atoms with Gasteiger partial charge in [0.1, 0.15) is 5.65 Å². The molecule has 0 saturated heterocycles. The van der Waals surface area contributed by atoms with Crippen LogP contribution in [0.5, 0.6) is 0 Å². The minimum Gasteiger partial charge on any atom is -0.335 e. The maximum atomic E-state index is 5.12. The van der Waals surface area contributed by atoms with Crippen LogP contribution in [0.1, 0.15) is 69.5 Å². The van der Waals surface area contributed by atoms with Crippen molar-refractivity contribution < 1.29 is 0 Å². The molecule has 3 aromatic rings. The molecule has 0 atom stereocenters. The van der Waals surface area contributed by atoms with Gasteiger partial charge >= 0.3 is 0 Å². The third kappa shape index (κ3) is 3.27. The van der Waals surface area contributed by atoms with Crippen LogP contribution in [0.25, 0.3) is 22.3 Å². The lowest BCUT2D eigenvalue weighted by molar-refractivity contribution is 0.807. The van der Waals surface area contributed by atoms with Gasteiger partial charge < -0.3 is 4.57 Å². The topological polar surface area (TPSA) is 30.7 Å². The second-order valence-corrected chi connectivity index (χ2v) is 7.47. The van der Waals surface area contributed by atoms with E-state index in [2.05, 4.69) is 70.6 Å². The Morgan fingerprint density at radius 2 is 1.77 bits per heavy atom. The van der Waals surface area contributed by atoms with Crippen LogP contribution >= 0.6 is 0 Å². The Bertz CT molecular complexity index is 919. The SMILES string of the molecule is CCCc1cn(C)c2nc(-c3ccc(C(C)C)nc3CC)c(CC)cc12. The van der Waals surface area contributed by atoms with Crippen LogP contribution in [0.15, 0.2) is 24.4 Å². The van der Waals surface area contributed by atoms with Crippen LogP contribution in [0.4, 0.5) is 0 Å². The molecule has 138 valence electrons. The molecule has 3 rings (SSSR count). The van der Waals surface area contributed by atoms with Crippen LogP contribution in [0.3, 0.4) is 0 Å². The molecule has 3 aromatic heterocycles. The summed E-state index contributed by atoms with van der Waals surface area (Å²) < 4.78 is 2.17. The summed E-state index contributed by atoms with van der Waals surface area (Å²) in [4.78, 5) is 10.1. The smallest absolute Gasteiger partial charge is 0.140 e. The molecule has 3 heterocycles. The van der Waals surface area contributed by atoms with Gasteiger partial charge in [-0.15, -0.1) is 0 Å². The fourth-order valence-electron chi connectivity index (χ4n) is 3.71. The first-order valence-corrected chi connectivity index (χ1v) is 9.98. The van der Waals surface area contributed by atoms with Gasteiger partial charge in [0.05, 0.1) is 5.69 Å². The van der Waals surface area contributed by atoms with Crippen LogP contribution in [-0.2, 0) is 26.3 Å². The highest BCUT2D eigenvalue weighted by Crippen LogP contribution is 2.31. The predicted octanol–water partition coefficient (Wildman–Crippen LogP) is 5.84. The van der Waals surface area contributed by atoms with E-state index in [1.165, 1.54) is 22.1 Å². The summed E-state index contributed by atoms with van der Waals surface area (Å²) in [6, 6.07) is 6.75. The Labute approximate surface area is 157 Å².